The molecule has 0 amide bonds. The van der Waals surface area contributed by atoms with Gasteiger partial charge in [-0.3, -0.25) is 4.90 Å². The summed E-state index contributed by atoms with van der Waals surface area (Å²) in [5.74, 6) is 0. The van der Waals surface area contributed by atoms with Crippen LogP contribution in [-0.4, -0.2) is 38.1 Å². The third kappa shape index (κ3) is 5.59. The van der Waals surface area contributed by atoms with E-state index in [1.165, 1.54) is 12.1 Å². The molecule has 0 bridgehead atoms. The zero-order valence-corrected chi connectivity index (χ0v) is 13.4. The van der Waals surface area contributed by atoms with Crippen molar-refractivity contribution in [2.45, 2.75) is 36.8 Å². The Balaban J connectivity index is 2.69. The fourth-order valence-electron chi connectivity index (χ4n) is 2.08. The molecule has 2 unspecified atom stereocenters. The van der Waals surface area contributed by atoms with Crippen molar-refractivity contribution in [3.05, 3.63) is 42.5 Å². The maximum absolute atomic E-state index is 11.2. The first kappa shape index (κ1) is 17.8. The number of nitrogens with zero attached hydrogens (tertiary/aromatic N) is 1. The van der Waals surface area contributed by atoms with Crippen LogP contribution in [0.3, 0.4) is 0 Å². The minimum Gasteiger partial charge on any atom is -0.392 e. The van der Waals surface area contributed by atoms with Crippen molar-refractivity contribution < 1.29 is 13.5 Å². The van der Waals surface area contributed by atoms with Crippen molar-refractivity contribution in [2.75, 3.05) is 13.6 Å². The monoisotopic (exact) mass is 312 g/mol. The number of sulfonamides is 1. The van der Waals surface area contributed by atoms with Gasteiger partial charge in [0.15, 0.2) is 0 Å². The number of allylic oxidation sites excluding steroid dienone is 1. The molecule has 3 N–H and O–H groups in total. The third-order valence-corrected chi connectivity index (χ3v) is 4.48. The molecule has 2 atom stereocenters. The first-order chi connectivity index (χ1) is 9.75. The molecule has 0 aliphatic heterocycles. The SMILES string of the molecule is C=CCCC(O)CN(C)C(C)c1ccc(S(N)(=O)=O)cc1. The Labute approximate surface area is 127 Å². The second-order valence-corrected chi connectivity index (χ2v) is 6.81. The lowest BCUT2D eigenvalue weighted by Gasteiger charge is -2.27. The molecular formula is C15H24N2O3S. The normalized spacial score (nSPS) is 14.9. The number of aliphatic hydroxyl groups excluding tert-OH is 1. The topological polar surface area (TPSA) is 83.6 Å². The summed E-state index contributed by atoms with van der Waals surface area (Å²) in [6.45, 7) is 6.19. The molecule has 0 aliphatic carbocycles. The fourth-order valence-corrected chi connectivity index (χ4v) is 2.60. The van der Waals surface area contributed by atoms with Crippen molar-refractivity contribution in [2.24, 2.45) is 5.14 Å². The van der Waals surface area contributed by atoms with E-state index in [4.69, 9.17) is 5.14 Å². The molecule has 1 aromatic rings. The molecule has 118 valence electrons. The van der Waals surface area contributed by atoms with E-state index in [9.17, 15) is 13.5 Å². The Morgan fingerprint density at radius 1 is 1.38 bits per heavy atom. The van der Waals surface area contributed by atoms with Crippen LogP contribution in [0.5, 0.6) is 0 Å². The molecular weight excluding hydrogens is 288 g/mol. The summed E-state index contributed by atoms with van der Waals surface area (Å²) in [7, 11) is -1.73. The van der Waals surface area contributed by atoms with Crippen molar-refractivity contribution in [3.63, 3.8) is 0 Å². The van der Waals surface area contributed by atoms with E-state index >= 15 is 0 Å². The van der Waals surface area contributed by atoms with Gasteiger partial charge in [-0.2, -0.15) is 0 Å². The zero-order valence-electron chi connectivity index (χ0n) is 12.6. The van der Waals surface area contributed by atoms with Crippen molar-refractivity contribution >= 4 is 10.0 Å². The number of aliphatic hydroxyl groups is 1. The second-order valence-electron chi connectivity index (χ2n) is 5.25. The number of benzene rings is 1. The number of hydrogen-bond acceptors (Lipinski definition) is 4. The molecule has 21 heavy (non-hydrogen) atoms. The Bertz CT molecular complexity index is 555. The molecule has 6 heteroatoms. The predicted molar refractivity (Wildman–Crippen MR) is 84.3 cm³/mol. The quantitative estimate of drug-likeness (QED) is 0.715. The Hall–Kier alpha value is -1.21. The highest BCUT2D eigenvalue weighted by Gasteiger charge is 2.16. The number of primary sulfonamides is 1. The maximum Gasteiger partial charge on any atom is 0.238 e. The van der Waals surface area contributed by atoms with E-state index in [1.807, 2.05) is 18.9 Å². The fraction of sp³-hybridized carbons (Fsp3) is 0.467. The molecule has 0 aliphatic rings. The van der Waals surface area contributed by atoms with Gasteiger partial charge in [-0.15, -0.1) is 6.58 Å². The highest BCUT2D eigenvalue weighted by atomic mass is 32.2. The smallest absolute Gasteiger partial charge is 0.238 e. The van der Waals surface area contributed by atoms with Gasteiger partial charge in [0, 0.05) is 12.6 Å². The lowest BCUT2D eigenvalue weighted by molar-refractivity contribution is 0.102. The van der Waals surface area contributed by atoms with E-state index in [0.29, 0.717) is 13.0 Å². The summed E-state index contributed by atoms with van der Waals surface area (Å²) in [5.41, 5.74) is 0.973. The Kier molecular flexibility index (Phi) is 6.54. The average Bonchev–Trinajstić information content (AvgIpc) is 2.43. The van der Waals surface area contributed by atoms with Gasteiger partial charge in [0.2, 0.25) is 10.0 Å². The van der Waals surface area contributed by atoms with Crippen LogP contribution in [0.15, 0.2) is 41.8 Å². The first-order valence-corrected chi connectivity index (χ1v) is 8.42. The van der Waals surface area contributed by atoms with Gasteiger partial charge >= 0.3 is 0 Å². The molecule has 0 heterocycles. The van der Waals surface area contributed by atoms with Crippen LogP contribution < -0.4 is 5.14 Å². The highest BCUT2D eigenvalue weighted by Crippen LogP contribution is 2.20. The first-order valence-electron chi connectivity index (χ1n) is 6.87. The van der Waals surface area contributed by atoms with Gasteiger partial charge in [0.05, 0.1) is 11.0 Å². The van der Waals surface area contributed by atoms with E-state index in [2.05, 4.69) is 6.58 Å². The van der Waals surface area contributed by atoms with Crippen LogP contribution in [0.1, 0.15) is 31.4 Å². The number of likely N-dealkylation sites (N-methyl/N-ethyl adjacent to an activating group) is 1. The Morgan fingerprint density at radius 3 is 2.43 bits per heavy atom. The van der Waals surface area contributed by atoms with Crippen LogP contribution in [0.2, 0.25) is 0 Å². The summed E-state index contributed by atoms with van der Waals surface area (Å²) in [5, 5.41) is 15.0. The van der Waals surface area contributed by atoms with E-state index in [-0.39, 0.29) is 10.9 Å². The van der Waals surface area contributed by atoms with Crippen molar-refractivity contribution in [3.8, 4) is 0 Å². The average molecular weight is 312 g/mol. The van der Waals surface area contributed by atoms with Crippen molar-refractivity contribution in [1.29, 1.82) is 0 Å². The van der Waals surface area contributed by atoms with E-state index < -0.39 is 16.1 Å². The molecule has 0 fully saturated rings. The largest absolute Gasteiger partial charge is 0.392 e. The van der Waals surface area contributed by atoms with Crippen LogP contribution in [0.25, 0.3) is 0 Å². The second kappa shape index (κ2) is 7.70. The van der Waals surface area contributed by atoms with Crippen LogP contribution in [-0.2, 0) is 10.0 Å². The van der Waals surface area contributed by atoms with Gasteiger partial charge in [-0.25, -0.2) is 13.6 Å². The van der Waals surface area contributed by atoms with Gasteiger partial charge in [-0.1, -0.05) is 18.2 Å². The molecule has 5 nitrogen and oxygen atoms in total. The van der Waals surface area contributed by atoms with Gasteiger partial charge in [0.25, 0.3) is 0 Å². The Morgan fingerprint density at radius 2 is 1.95 bits per heavy atom. The lowest BCUT2D eigenvalue weighted by atomic mass is 10.1. The van der Waals surface area contributed by atoms with Crippen LogP contribution in [0, 0.1) is 0 Å². The minimum atomic E-state index is -3.66. The molecule has 0 radical (unpaired) electrons. The van der Waals surface area contributed by atoms with E-state index in [0.717, 1.165) is 12.0 Å². The van der Waals surface area contributed by atoms with Crippen LogP contribution >= 0.6 is 0 Å². The number of rotatable bonds is 8. The van der Waals surface area contributed by atoms with E-state index in [1.54, 1.807) is 18.2 Å². The molecule has 0 saturated heterocycles. The molecule has 1 aromatic carbocycles. The van der Waals surface area contributed by atoms with Gasteiger partial charge < -0.3 is 5.11 Å². The molecule has 0 aromatic heterocycles. The van der Waals surface area contributed by atoms with Crippen molar-refractivity contribution in [1.82, 2.24) is 4.90 Å². The lowest BCUT2D eigenvalue weighted by Crippen LogP contribution is -2.31. The highest BCUT2D eigenvalue weighted by molar-refractivity contribution is 7.89. The summed E-state index contributed by atoms with van der Waals surface area (Å²) in [6.07, 6.45) is 2.86. The minimum absolute atomic E-state index is 0.0675. The molecule has 0 saturated carbocycles. The van der Waals surface area contributed by atoms with Crippen LogP contribution in [0.4, 0.5) is 0 Å². The molecule has 1 rings (SSSR count). The zero-order chi connectivity index (χ0) is 16.0. The van der Waals surface area contributed by atoms with Gasteiger partial charge in [0.1, 0.15) is 0 Å². The number of hydrogen-bond donors (Lipinski definition) is 2. The standard InChI is InChI=1S/C15H24N2O3S/c1-4-5-6-14(18)11-17(3)12(2)13-7-9-15(10-8-13)21(16,19)20/h4,7-10,12,14,18H,1,5-6,11H2,2-3H3,(H2,16,19,20). The predicted octanol–water partition coefficient (Wildman–Crippen LogP) is 1.65. The molecule has 0 spiro atoms. The maximum atomic E-state index is 11.2. The number of nitrogens with two attached hydrogens (primary N) is 1. The summed E-state index contributed by atoms with van der Waals surface area (Å²) < 4.78 is 22.4. The summed E-state index contributed by atoms with van der Waals surface area (Å²) in [6, 6.07) is 6.57. The van der Waals surface area contributed by atoms with Gasteiger partial charge in [-0.05, 0) is 44.5 Å². The summed E-state index contributed by atoms with van der Waals surface area (Å²) >= 11 is 0. The third-order valence-electron chi connectivity index (χ3n) is 3.55. The summed E-state index contributed by atoms with van der Waals surface area (Å²) in [4.78, 5) is 2.13.